The van der Waals surface area contributed by atoms with Gasteiger partial charge in [-0.1, -0.05) is 280 Å². The average molecular weight is 1240 g/mol. The van der Waals surface area contributed by atoms with Crippen molar-refractivity contribution < 1.29 is 42.1 Å². The van der Waals surface area contributed by atoms with Crippen LogP contribution in [0.1, 0.15) is 245 Å². The van der Waals surface area contributed by atoms with Crippen LogP contribution in [0.15, 0.2) is 182 Å². The molecule has 0 aliphatic carbocycles. The first kappa shape index (κ1) is 83.1. The highest BCUT2D eigenvalue weighted by Crippen LogP contribution is 2.43. The highest BCUT2D eigenvalue weighted by Gasteiger charge is 2.27. The second kappa shape index (κ2) is 66.5. The van der Waals surface area contributed by atoms with E-state index < -0.39 is 26.5 Å². The van der Waals surface area contributed by atoms with Crippen LogP contribution in [0.25, 0.3) is 0 Å². The normalized spacial score (nSPS) is 14.3. The molecule has 1 N–H and O–H groups in total. The molecule has 0 amide bonds. The molecule has 88 heavy (non-hydrogen) atoms. The molecular formula is C78H127NO8P+. The number of phosphoric acid groups is 1. The fourth-order valence-corrected chi connectivity index (χ4v) is 9.46. The number of likely N-dealkylation sites (N-methyl/N-ethyl adjacent to an activating group) is 1. The zero-order chi connectivity index (χ0) is 64.1. The van der Waals surface area contributed by atoms with Crippen LogP contribution in [-0.4, -0.2) is 74.9 Å². The number of esters is 2. The molecule has 2 atom stereocenters. The summed E-state index contributed by atoms with van der Waals surface area (Å²) in [5.41, 5.74) is 0. The average Bonchev–Trinajstić information content (AvgIpc) is 3.56. The maximum atomic E-state index is 12.9. The van der Waals surface area contributed by atoms with E-state index in [2.05, 4.69) is 196 Å². The number of carbonyl (C=O) groups excluding carboxylic acids is 2. The van der Waals surface area contributed by atoms with Crippen molar-refractivity contribution >= 4 is 19.8 Å². The third kappa shape index (κ3) is 70.2. The molecule has 10 heteroatoms. The first-order valence-corrected chi connectivity index (χ1v) is 36.0. The molecule has 9 nitrogen and oxygen atoms in total. The second-order valence-corrected chi connectivity index (χ2v) is 24.9. The summed E-state index contributed by atoms with van der Waals surface area (Å²) >= 11 is 0. The Hall–Kier alpha value is -4.89. The van der Waals surface area contributed by atoms with Gasteiger partial charge in [-0.05, 0) is 135 Å². The van der Waals surface area contributed by atoms with Crippen molar-refractivity contribution in [3.8, 4) is 0 Å². The summed E-state index contributed by atoms with van der Waals surface area (Å²) in [6.07, 6.45) is 103. The first-order valence-electron chi connectivity index (χ1n) is 34.5. The van der Waals surface area contributed by atoms with E-state index in [4.69, 9.17) is 18.5 Å². The lowest BCUT2D eigenvalue weighted by atomic mass is 10.0. The van der Waals surface area contributed by atoms with Crippen molar-refractivity contribution in [2.45, 2.75) is 251 Å². The number of phosphoric ester groups is 1. The molecule has 496 valence electrons. The lowest BCUT2D eigenvalue weighted by molar-refractivity contribution is -0.870. The van der Waals surface area contributed by atoms with Crippen LogP contribution in [0.2, 0.25) is 0 Å². The minimum atomic E-state index is -4.41. The van der Waals surface area contributed by atoms with Crippen LogP contribution in [0.3, 0.4) is 0 Å². The molecule has 0 spiro atoms. The Bertz CT molecular complexity index is 2140. The third-order valence-electron chi connectivity index (χ3n) is 13.9. The molecule has 0 radical (unpaired) electrons. The third-order valence-corrected chi connectivity index (χ3v) is 14.9. The number of quaternary nitrogens is 1. The Morgan fingerprint density at radius 1 is 0.352 bits per heavy atom. The van der Waals surface area contributed by atoms with Crippen LogP contribution < -0.4 is 0 Å². The molecule has 0 saturated carbocycles. The number of hydrogen-bond acceptors (Lipinski definition) is 7. The van der Waals surface area contributed by atoms with E-state index in [9.17, 15) is 19.0 Å². The van der Waals surface area contributed by atoms with E-state index in [0.717, 1.165) is 154 Å². The Balaban J connectivity index is 4.19. The smallest absolute Gasteiger partial charge is 0.462 e. The molecule has 0 saturated heterocycles. The van der Waals surface area contributed by atoms with Crippen molar-refractivity contribution in [3.63, 3.8) is 0 Å². The van der Waals surface area contributed by atoms with E-state index >= 15 is 0 Å². The molecule has 2 unspecified atom stereocenters. The predicted molar refractivity (Wildman–Crippen MR) is 380 cm³/mol. The van der Waals surface area contributed by atoms with Crippen molar-refractivity contribution in [1.82, 2.24) is 0 Å². The quantitative estimate of drug-likeness (QED) is 0.0211. The number of allylic oxidation sites excluding steroid dienone is 30. The maximum Gasteiger partial charge on any atom is 0.472 e. The van der Waals surface area contributed by atoms with Crippen LogP contribution >= 0.6 is 7.82 Å². The van der Waals surface area contributed by atoms with Crippen LogP contribution in [-0.2, 0) is 32.7 Å². The Kier molecular flexibility index (Phi) is 62.8. The first-order chi connectivity index (χ1) is 43.0. The number of rotatable bonds is 61. The Morgan fingerprint density at radius 3 is 0.909 bits per heavy atom. The van der Waals surface area contributed by atoms with Gasteiger partial charge in [0.2, 0.25) is 0 Å². The molecule has 0 aliphatic rings. The van der Waals surface area contributed by atoms with Crippen molar-refractivity contribution in [2.24, 2.45) is 0 Å². The number of carbonyl (C=O) groups is 2. The molecule has 0 heterocycles. The highest BCUT2D eigenvalue weighted by atomic mass is 31.2. The van der Waals surface area contributed by atoms with Crippen molar-refractivity contribution in [3.05, 3.63) is 182 Å². The van der Waals surface area contributed by atoms with Gasteiger partial charge in [0.15, 0.2) is 6.10 Å². The van der Waals surface area contributed by atoms with Crippen LogP contribution in [0, 0.1) is 0 Å². The van der Waals surface area contributed by atoms with E-state index in [0.29, 0.717) is 17.4 Å². The largest absolute Gasteiger partial charge is 0.472 e. The summed E-state index contributed by atoms with van der Waals surface area (Å²) in [5, 5.41) is 0. The molecule has 0 bridgehead atoms. The minimum Gasteiger partial charge on any atom is -0.462 e. The summed E-state index contributed by atoms with van der Waals surface area (Å²) < 4.78 is 34.7. The zero-order valence-corrected chi connectivity index (χ0v) is 57.3. The van der Waals surface area contributed by atoms with Gasteiger partial charge in [-0.15, -0.1) is 0 Å². The SMILES string of the molecule is CC/C=C\C/C=C\C/C=C\C/C=C\C/C=C\C/C=C\C/C=C\C/C=C\C/C=C\CCCCCCCC(=O)OC(COC(=O)CCCCCCCCCCCCCC/C=C\C/C=C\C/C=C\C/C=C\C/C=C\C/C=C\CC)COP(=O)(O)OCC[N+](C)(C)C. The fraction of sp³-hybridized carbons (Fsp3) is 0.590. The zero-order valence-electron chi connectivity index (χ0n) is 56.4. The van der Waals surface area contributed by atoms with Gasteiger partial charge in [-0.25, -0.2) is 4.57 Å². The molecule has 0 aliphatic heterocycles. The summed E-state index contributed by atoms with van der Waals surface area (Å²) in [4.78, 5) is 35.9. The van der Waals surface area contributed by atoms with Crippen molar-refractivity contribution in [2.75, 3.05) is 47.5 Å². The van der Waals surface area contributed by atoms with Gasteiger partial charge in [0.1, 0.15) is 19.8 Å². The summed E-state index contributed by atoms with van der Waals surface area (Å²) in [6, 6.07) is 0. The van der Waals surface area contributed by atoms with Gasteiger partial charge in [0, 0.05) is 12.8 Å². The number of hydrogen-bond donors (Lipinski definition) is 1. The lowest BCUT2D eigenvalue weighted by Crippen LogP contribution is -2.37. The van der Waals surface area contributed by atoms with Gasteiger partial charge in [-0.2, -0.15) is 0 Å². The summed E-state index contributed by atoms with van der Waals surface area (Å²) in [5.74, 6) is -0.833. The molecule has 0 aromatic carbocycles. The maximum absolute atomic E-state index is 12.9. The van der Waals surface area contributed by atoms with E-state index in [1.807, 2.05) is 21.1 Å². The summed E-state index contributed by atoms with van der Waals surface area (Å²) in [7, 11) is 1.44. The molecule has 0 fully saturated rings. The van der Waals surface area contributed by atoms with Crippen LogP contribution in [0.4, 0.5) is 0 Å². The van der Waals surface area contributed by atoms with Gasteiger partial charge < -0.3 is 18.9 Å². The van der Waals surface area contributed by atoms with Gasteiger partial charge >= 0.3 is 19.8 Å². The van der Waals surface area contributed by atoms with Crippen LogP contribution in [0.5, 0.6) is 0 Å². The fourth-order valence-electron chi connectivity index (χ4n) is 8.72. The van der Waals surface area contributed by atoms with Crippen molar-refractivity contribution in [1.29, 1.82) is 0 Å². The predicted octanol–water partition coefficient (Wildman–Crippen LogP) is 22.7. The number of nitrogens with zero attached hydrogens (tertiary/aromatic N) is 1. The standard InChI is InChI=1S/C78H126NO8P/c1-6-8-10-12-14-16-18-20-22-24-26-28-30-32-34-36-38-39-41-43-45-47-49-51-53-55-57-59-61-63-65-67-69-71-78(81)87-76(75-86-88(82,83)85-73-72-79(3,4)5)74-84-77(80)70-68-66-64-62-60-58-56-54-52-50-48-46-44-42-40-37-35-33-31-29-27-25-23-21-19-17-15-13-11-9-7-2/h8-11,14-17,20-23,26-29,32-35,38-40,42-43,45,49,51,55,57,76H,6-7,12-13,18-19,24-25,30-31,36-37,41,44,46-48,50,52-54,56,58-75H2,1-5H3/p+1/b10-8-,11-9-,16-14-,17-15-,22-20-,23-21-,28-26-,29-27-,34-32-,35-33-,39-38-,42-40-,45-43-,51-49-,57-55-. The lowest BCUT2D eigenvalue weighted by Gasteiger charge is -2.24. The van der Waals surface area contributed by atoms with E-state index in [1.165, 1.54) is 57.8 Å². The monoisotopic (exact) mass is 1240 g/mol. The Morgan fingerprint density at radius 2 is 0.614 bits per heavy atom. The van der Waals surface area contributed by atoms with Gasteiger partial charge in [0.05, 0.1) is 27.7 Å². The molecule has 0 aromatic rings. The molecule has 0 aromatic heterocycles. The second-order valence-electron chi connectivity index (χ2n) is 23.4. The number of ether oxygens (including phenoxy) is 2. The summed E-state index contributed by atoms with van der Waals surface area (Å²) in [6.45, 7) is 4.16. The van der Waals surface area contributed by atoms with Gasteiger partial charge in [-0.3, -0.25) is 18.6 Å². The van der Waals surface area contributed by atoms with Gasteiger partial charge in [0.25, 0.3) is 0 Å². The molecular weight excluding hydrogens is 1110 g/mol. The highest BCUT2D eigenvalue weighted by molar-refractivity contribution is 7.47. The molecule has 0 rings (SSSR count). The Labute approximate surface area is 540 Å². The topological polar surface area (TPSA) is 108 Å². The van der Waals surface area contributed by atoms with E-state index in [-0.39, 0.29) is 32.0 Å². The number of unbranched alkanes of at least 4 members (excludes halogenated alkanes) is 17. The minimum absolute atomic E-state index is 0.0173. The van der Waals surface area contributed by atoms with E-state index in [1.54, 1.807) is 0 Å².